The van der Waals surface area contributed by atoms with Gasteiger partial charge in [-0.2, -0.15) is 0 Å². The zero-order chi connectivity index (χ0) is 19.2. The molecule has 1 saturated carbocycles. The van der Waals surface area contributed by atoms with Crippen molar-refractivity contribution in [3.8, 4) is 5.75 Å². The molecular formula is C20H20ClFN2O3. The zero-order valence-electron chi connectivity index (χ0n) is 14.6. The van der Waals surface area contributed by atoms with Crippen molar-refractivity contribution in [2.75, 3.05) is 11.9 Å². The summed E-state index contributed by atoms with van der Waals surface area (Å²) >= 11 is 5.68. The normalized spacial score (nSPS) is 14.0. The number of hydrogen-bond acceptors (Lipinski definition) is 3. The van der Waals surface area contributed by atoms with Crippen LogP contribution in [0.2, 0.25) is 5.02 Å². The van der Waals surface area contributed by atoms with Gasteiger partial charge in [0.2, 0.25) is 0 Å². The monoisotopic (exact) mass is 390 g/mol. The van der Waals surface area contributed by atoms with Gasteiger partial charge in [-0.3, -0.25) is 9.59 Å². The third kappa shape index (κ3) is 5.20. The first-order valence-corrected chi connectivity index (χ1v) is 9.18. The van der Waals surface area contributed by atoms with E-state index >= 15 is 0 Å². The highest BCUT2D eigenvalue weighted by atomic mass is 35.5. The Morgan fingerprint density at radius 3 is 2.63 bits per heavy atom. The lowest BCUT2D eigenvalue weighted by Crippen LogP contribution is -2.33. The molecule has 5 nitrogen and oxygen atoms in total. The van der Waals surface area contributed by atoms with E-state index < -0.39 is 11.7 Å². The summed E-state index contributed by atoms with van der Waals surface area (Å²) in [7, 11) is 0. The van der Waals surface area contributed by atoms with E-state index in [1.54, 1.807) is 24.3 Å². The first-order chi connectivity index (χ1) is 13.0. The predicted molar refractivity (Wildman–Crippen MR) is 102 cm³/mol. The van der Waals surface area contributed by atoms with E-state index in [9.17, 15) is 14.0 Å². The summed E-state index contributed by atoms with van der Waals surface area (Å²) in [6, 6.07) is 10.9. The maximum atomic E-state index is 13.1. The Kier molecular flexibility index (Phi) is 6.29. The Hall–Kier alpha value is -2.60. The van der Waals surface area contributed by atoms with E-state index in [4.69, 9.17) is 16.3 Å². The standard InChI is InChI=1S/C20H20ClFN2O3/c21-16-11-14(9-10-17(16)22)27-12-19(25)24-18-8-4-3-7-15(18)20(26)23-13-5-1-2-6-13/h3-4,7-11,13H,1-2,5-6,12H2,(H,23,26)(H,24,25). The molecule has 27 heavy (non-hydrogen) atoms. The van der Waals surface area contributed by atoms with Crippen molar-refractivity contribution in [1.82, 2.24) is 5.32 Å². The average molecular weight is 391 g/mol. The second-order valence-corrected chi connectivity index (χ2v) is 6.82. The number of para-hydroxylation sites is 1. The van der Waals surface area contributed by atoms with Crippen molar-refractivity contribution < 1.29 is 18.7 Å². The van der Waals surface area contributed by atoms with Crippen LogP contribution in [0, 0.1) is 5.82 Å². The molecule has 1 aliphatic carbocycles. The lowest BCUT2D eigenvalue weighted by Gasteiger charge is -2.15. The van der Waals surface area contributed by atoms with Crippen LogP contribution in [0.1, 0.15) is 36.0 Å². The van der Waals surface area contributed by atoms with E-state index in [-0.39, 0.29) is 29.3 Å². The molecule has 2 amide bonds. The minimum atomic E-state index is -0.560. The Balaban J connectivity index is 1.60. The number of hydrogen-bond donors (Lipinski definition) is 2. The molecule has 0 atom stereocenters. The number of rotatable bonds is 6. The second kappa shape index (κ2) is 8.86. The highest BCUT2D eigenvalue weighted by Gasteiger charge is 2.20. The van der Waals surface area contributed by atoms with Crippen LogP contribution in [0.5, 0.6) is 5.75 Å². The van der Waals surface area contributed by atoms with Gasteiger partial charge < -0.3 is 15.4 Å². The number of carbonyl (C=O) groups is 2. The molecule has 0 radical (unpaired) electrons. The fourth-order valence-electron chi connectivity index (χ4n) is 3.03. The molecule has 0 heterocycles. The molecule has 2 N–H and O–H groups in total. The highest BCUT2D eigenvalue weighted by molar-refractivity contribution is 6.30. The number of benzene rings is 2. The number of nitrogens with one attached hydrogen (secondary N) is 2. The Morgan fingerprint density at radius 2 is 1.89 bits per heavy atom. The van der Waals surface area contributed by atoms with Gasteiger partial charge in [0.15, 0.2) is 6.61 Å². The van der Waals surface area contributed by atoms with Gasteiger partial charge in [0.1, 0.15) is 11.6 Å². The summed E-state index contributed by atoms with van der Waals surface area (Å²) in [6.07, 6.45) is 4.20. The molecule has 142 valence electrons. The molecule has 2 aromatic carbocycles. The van der Waals surface area contributed by atoms with E-state index in [0.29, 0.717) is 11.3 Å². The SMILES string of the molecule is O=C(COc1ccc(F)c(Cl)c1)Nc1ccccc1C(=O)NC1CCCC1. The number of amides is 2. The molecule has 3 rings (SSSR count). The van der Waals surface area contributed by atoms with Gasteiger partial charge in [0.25, 0.3) is 11.8 Å². The number of carbonyl (C=O) groups excluding carboxylic acids is 2. The average Bonchev–Trinajstić information content (AvgIpc) is 3.16. The molecule has 0 bridgehead atoms. The van der Waals surface area contributed by atoms with Gasteiger partial charge in [-0.1, -0.05) is 36.6 Å². The molecule has 0 aromatic heterocycles. The van der Waals surface area contributed by atoms with Gasteiger partial charge in [-0.25, -0.2) is 4.39 Å². The van der Waals surface area contributed by atoms with Crippen molar-refractivity contribution in [2.24, 2.45) is 0 Å². The van der Waals surface area contributed by atoms with Gasteiger partial charge in [0, 0.05) is 12.1 Å². The summed E-state index contributed by atoms with van der Waals surface area (Å²) in [4.78, 5) is 24.7. The van der Waals surface area contributed by atoms with Gasteiger partial charge in [-0.05, 0) is 37.1 Å². The fourth-order valence-corrected chi connectivity index (χ4v) is 3.20. The largest absolute Gasteiger partial charge is 0.484 e. The van der Waals surface area contributed by atoms with Crippen molar-refractivity contribution in [2.45, 2.75) is 31.7 Å². The van der Waals surface area contributed by atoms with Crippen LogP contribution >= 0.6 is 11.6 Å². The molecule has 0 aliphatic heterocycles. The van der Waals surface area contributed by atoms with Crippen LogP contribution in [0.25, 0.3) is 0 Å². The summed E-state index contributed by atoms with van der Waals surface area (Å²) in [5.74, 6) is -0.917. The lowest BCUT2D eigenvalue weighted by atomic mass is 10.1. The highest BCUT2D eigenvalue weighted by Crippen LogP contribution is 2.22. The van der Waals surface area contributed by atoms with Crippen molar-refractivity contribution >= 4 is 29.1 Å². The molecule has 1 aliphatic rings. The van der Waals surface area contributed by atoms with Crippen LogP contribution in [0.15, 0.2) is 42.5 Å². The Bertz CT molecular complexity index is 838. The van der Waals surface area contributed by atoms with E-state index in [0.717, 1.165) is 31.7 Å². The zero-order valence-corrected chi connectivity index (χ0v) is 15.4. The third-order valence-electron chi connectivity index (χ3n) is 4.40. The van der Waals surface area contributed by atoms with Crippen LogP contribution in [-0.4, -0.2) is 24.5 Å². The molecule has 2 aromatic rings. The molecule has 0 saturated heterocycles. The minimum absolute atomic E-state index is 0.0816. The summed E-state index contributed by atoms with van der Waals surface area (Å²) in [5, 5.41) is 5.61. The van der Waals surface area contributed by atoms with Crippen molar-refractivity contribution in [3.63, 3.8) is 0 Å². The Morgan fingerprint density at radius 1 is 1.15 bits per heavy atom. The molecular weight excluding hydrogens is 371 g/mol. The van der Waals surface area contributed by atoms with E-state index in [1.165, 1.54) is 12.1 Å². The summed E-state index contributed by atoms with van der Waals surface area (Å²) in [6.45, 7) is -0.291. The fraction of sp³-hybridized carbons (Fsp3) is 0.300. The van der Waals surface area contributed by atoms with Crippen LogP contribution in [0.3, 0.4) is 0 Å². The van der Waals surface area contributed by atoms with Gasteiger partial charge >= 0.3 is 0 Å². The van der Waals surface area contributed by atoms with Crippen LogP contribution in [-0.2, 0) is 4.79 Å². The van der Waals surface area contributed by atoms with Crippen molar-refractivity contribution in [3.05, 3.63) is 58.9 Å². The number of ether oxygens (including phenoxy) is 1. The minimum Gasteiger partial charge on any atom is -0.484 e. The first kappa shape index (κ1) is 19.2. The molecule has 7 heteroatoms. The van der Waals surface area contributed by atoms with E-state index in [2.05, 4.69) is 10.6 Å². The molecule has 1 fully saturated rings. The predicted octanol–water partition coefficient (Wildman–Crippen LogP) is 4.17. The maximum Gasteiger partial charge on any atom is 0.262 e. The van der Waals surface area contributed by atoms with Gasteiger partial charge in [-0.15, -0.1) is 0 Å². The summed E-state index contributed by atoms with van der Waals surface area (Å²) < 4.78 is 18.5. The van der Waals surface area contributed by atoms with Crippen LogP contribution in [0.4, 0.5) is 10.1 Å². The maximum absolute atomic E-state index is 13.1. The second-order valence-electron chi connectivity index (χ2n) is 6.41. The topological polar surface area (TPSA) is 67.4 Å². The molecule has 0 spiro atoms. The van der Waals surface area contributed by atoms with Gasteiger partial charge in [0.05, 0.1) is 16.3 Å². The van der Waals surface area contributed by atoms with E-state index in [1.807, 2.05) is 0 Å². The molecule has 0 unspecified atom stereocenters. The van der Waals surface area contributed by atoms with Crippen LogP contribution < -0.4 is 15.4 Å². The number of anilines is 1. The first-order valence-electron chi connectivity index (χ1n) is 8.80. The Labute approximate surface area is 161 Å². The smallest absolute Gasteiger partial charge is 0.262 e. The summed E-state index contributed by atoms with van der Waals surface area (Å²) in [5.41, 5.74) is 0.821. The lowest BCUT2D eigenvalue weighted by molar-refractivity contribution is -0.118. The quantitative estimate of drug-likeness (QED) is 0.777. The third-order valence-corrected chi connectivity index (χ3v) is 4.69. The van der Waals surface area contributed by atoms with Crippen molar-refractivity contribution in [1.29, 1.82) is 0 Å². The number of halogens is 2.